The van der Waals surface area contributed by atoms with Crippen LogP contribution in [0.3, 0.4) is 0 Å². The molecule has 1 atom stereocenters. The second-order valence-electron chi connectivity index (χ2n) is 5.85. The molecule has 2 aromatic rings. The van der Waals surface area contributed by atoms with Crippen LogP contribution in [-0.4, -0.2) is 36.1 Å². The molecule has 0 spiro atoms. The predicted octanol–water partition coefficient (Wildman–Crippen LogP) is 2.62. The van der Waals surface area contributed by atoms with E-state index in [9.17, 15) is 4.39 Å². The maximum atomic E-state index is 14.5. The van der Waals surface area contributed by atoms with Gasteiger partial charge in [-0.2, -0.15) is 0 Å². The van der Waals surface area contributed by atoms with Crippen molar-refractivity contribution in [2.45, 2.75) is 19.4 Å². The molecule has 108 valence electrons. The molecule has 0 saturated carbocycles. The highest BCUT2D eigenvalue weighted by Crippen LogP contribution is 2.40. The lowest BCUT2D eigenvalue weighted by molar-refractivity contribution is 0.618. The van der Waals surface area contributed by atoms with E-state index in [4.69, 9.17) is 0 Å². The van der Waals surface area contributed by atoms with E-state index in [2.05, 4.69) is 26.8 Å². The van der Waals surface area contributed by atoms with Gasteiger partial charge in [-0.05, 0) is 25.5 Å². The summed E-state index contributed by atoms with van der Waals surface area (Å²) >= 11 is 0. The Morgan fingerprint density at radius 3 is 3.00 bits per heavy atom. The molecular weight excluding hydrogens is 267 g/mol. The Kier molecular flexibility index (Phi) is 2.64. The molecule has 1 saturated heterocycles. The molecule has 2 aromatic heterocycles. The quantitative estimate of drug-likeness (QED) is 0.806. The molecule has 5 heteroatoms. The van der Waals surface area contributed by atoms with Gasteiger partial charge in [-0.3, -0.25) is 4.98 Å². The third-order valence-corrected chi connectivity index (χ3v) is 4.49. The van der Waals surface area contributed by atoms with E-state index in [1.165, 1.54) is 0 Å². The van der Waals surface area contributed by atoms with Gasteiger partial charge in [0.15, 0.2) is 11.6 Å². The summed E-state index contributed by atoms with van der Waals surface area (Å²) in [6.45, 7) is 3.85. The number of pyridine rings is 2. The summed E-state index contributed by atoms with van der Waals surface area (Å²) < 4.78 is 14.5. The summed E-state index contributed by atoms with van der Waals surface area (Å²) in [5, 5.41) is 0. The largest absolute Gasteiger partial charge is 0.366 e. The molecule has 0 N–H and O–H groups in total. The molecule has 4 heterocycles. The first-order valence-corrected chi connectivity index (χ1v) is 7.25. The number of rotatable bonds is 1. The zero-order chi connectivity index (χ0) is 14.6. The Bertz CT molecular complexity index is 715. The van der Waals surface area contributed by atoms with Gasteiger partial charge in [0.05, 0.1) is 5.69 Å². The van der Waals surface area contributed by atoms with E-state index in [0.717, 1.165) is 42.3 Å². The van der Waals surface area contributed by atoms with Gasteiger partial charge in [0.1, 0.15) is 5.69 Å². The minimum Gasteiger partial charge on any atom is -0.366 e. The topological polar surface area (TPSA) is 32.3 Å². The highest BCUT2D eigenvalue weighted by atomic mass is 19.1. The minimum absolute atomic E-state index is 0.266. The number of hydrogen-bond donors (Lipinski definition) is 0. The van der Waals surface area contributed by atoms with Gasteiger partial charge in [-0.1, -0.05) is 0 Å². The van der Waals surface area contributed by atoms with Crippen molar-refractivity contribution in [1.82, 2.24) is 9.97 Å². The Labute approximate surface area is 123 Å². The Balaban J connectivity index is 1.88. The van der Waals surface area contributed by atoms with Gasteiger partial charge in [0.2, 0.25) is 0 Å². The second kappa shape index (κ2) is 4.41. The van der Waals surface area contributed by atoms with Crippen molar-refractivity contribution in [1.29, 1.82) is 0 Å². The molecule has 2 aliphatic rings. The van der Waals surface area contributed by atoms with E-state index in [1.807, 2.05) is 19.1 Å². The van der Waals surface area contributed by atoms with Crippen molar-refractivity contribution in [3.63, 3.8) is 0 Å². The van der Waals surface area contributed by atoms with Gasteiger partial charge in [0, 0.05) is 49.7 Å². The summed E-state index contributed by atoms with van der Waals surface area (Å²) in [4.78, 5) is 13.2. The number of anilines is 2. The monoisotopic (exact) mass is 284 g/mol. The highest BCUT2D eigenvalue weighted by Gasteiger charge is 2.35. The number of likely N-dealkylation sites (N-methyl/N-ethyl adjacent to an activating group) is 1. The lowest BCUT2D eigenvalue weighted by Gasteiger charge is -2.35. The fraction of sp³-hybridized carbons (Fsp3) is 0.375. The first-order chi connectivity index (χ1) is 10.1. The van der Waals surface area contributed by atoms with E-state index in [1.54, 1.807) is 12.3 Å². The van der Waals surface area contributed by atoms with Gasteiger partial charge >= 0.3 is 0 Å². The lowest BCUT2D eigenvalue weighted by Crippen LogP contribution is -2.40. The summed E-state index contributed by atoms with van der Waals surface area (Å²) in [6, 6.07) is 5.80. The normalized spacial score (nSPS) is 19.9. The summed E-state index contributed by atoms with van der Waals surface area (Å²) in [5.74, 6) is 0.618. The second-order valence-corrected chi connectivity index (χ2v) is 5.85. The van der Waals surface area contributed by atoms with E-state index in [0.29, 0.717) is 11.7 Å². The van der Waals surface area contributed by atoms with Crippen LogP contribution >= 0.6 is 0 Å². The smallest absolute Gasteiger partial charge is 0.153 e. The molecule has 2 bridgehead atoms. The van der Waals surface area contributed by atoms with Crippen LogP contribution in [0.1, 0.15) is 12.1 Å². The number of fused-ring (bicyclic) bond motifs is 4. The third kappa shape index (κ3) is 1.87. The van der Waals surface area contributed by atoms with E-state index < -0.39 is 0 Å². The molecule has 0 amide bonds. The molecule has 0 aromatic carbocycles. The van der Waals surface area contributed by atoms with Crippen LogP contribution in [0, 0.1) is 12.7 Å². The van der Waals surface area contributed by atoms with E-state index in [-0.39, 0.29) is 5.82 Å². The zero-order valence-electron chi connectivity index (χ0n) is 12.2. The van der Waals surface area contributed by atoms with Crippen molar-refractivity contribution in [3.05, 3.63) is 35.9 Å². The lowest BCUT2D eigenvalue weighted by atomic mass is 10.1. The summed E-state index contributed by atoms with van der Waals surface area (Å²) in [6.07, 6.45) is 2.81. The van der Waals surface area contributed by atoms with Crippen molar-refractivity contribution < 1.29 is 4.39 Å². The van der Waals surface area contributed by atoms with Crippen molar-refractivity contribution in [2.24, 2.45) is 0 Å². The van der Waals surface area contributed by atoms with Crippen LogP contribution in [0.5, 0.6) is 0 Å². The molecule has 2 aliphatic heterocycles. The average Bonchev–Trinajstić information content (AvgIpc) is 2.91. The van der Waals surface area contributed by atoms with Crippen LogP contribution < -0.4 is 9.80 Å². The van der Waals surface area contributed by atoms with Crippen LogP contribution in [0.2, 0.25) is 0 Å². The van der Waals surface area contributed by atoms with Crippen molar-refractivity contribution >= 4 is 11.5 Å². The number of aryl methyl sites for hydroxylation is 1. The fourth-order valence-electron chi connectivity index (χ4n) is 3.31. The minimum atomic E-state index is -0.266. The third-order valence-electron chi connectivity index (χ3n) is 4.49. The fourth-order valence-corrected chi connectivity index (χ4v) is 3.31. The molecule has 4 rings (SSSR count). The molecular formula is C16H17FN4. The highest BCUT2D eigenvalue weighted by molar-refractivity contribution is 5.76. The van der Waals surface area contributed by atoms with Crippen LogP contribution in [0.25, 0.3) is 11.3 Å². The zero-order valence-corrected chi connectivity index (χ0v) is 12.2. The van der Waals surface area contributed by atoms with Crippen molar-refractivity contribution in [2.75, 3.05) is 29.9 Å². The number of hydrogen-bond acceptors (Lipinski definition) is 4. The first kappa shape index (κ1) is 12.6. The van der Waals surface area contributed by atoms with Crippen molar-refractivity contribution in [3.8, 4) is 11.3 Å². The van der Waals surface area contributed by atoms with Gasteiger partial charge in [0.25, 0.3) is 0 Å². The molecule has 21 heavy (non-hydrogen) atoms. The van der Waals surface area contributed by atoms with E-state index >= 15 is 0 Å². The molecule has 1 unspecified atom stereocenters. The molecule has 0 radical (unpaired) electrons. The first-order valence-electron chi connectivity index (χ1n) is 7.25. The van der Waals surface area contributed by atoms with Crippen LogP contribution in [0.15, 0.2) is 24.4 Å². The Morgan fingerprint density at radius 2 is 2.19 bits per heavy atom. The average molecular weight is 284 g/mol. The van der Waals surface area contributed by atoms with Crippen LogP contribution in [-0.2, 0) is 0 Å². The van der Waals surface area contributed by atoms with Crippen LogP contribution in [0.4, 0.5) is 15.9 Å². The Morgan fingerprint density at radius 1 is 1.33 bits per heavy atom. The maximum absolute atomic E-state index is 14.5. The maximum Gasteiger partial charge on any atom is 0.153 e. The Hall–Kier alpha value is -2.17. The SMILES string of the molecule is Cc1cc(-c2nc3c(cc2F)N2CCC(C2)N3C)ccn1. The summed E-state index contributed by atoms with van der Waals surface area (Å²) in [7, 11) is 2.05. The number of aromatic nitrogens is 2. The number of nitrogens with zero attached hydrogens (tertiary/aromatic N) is 4. The molecule has 4 nitrogen and oxygen atoms in total. The molecule has 0 aliphatic carbocycles. The van der Waals surface area contributed by atoms with Gasteiger partial charge in [-0.15, -0.1) is 0 Å². The number of halogens is 1. The van der Waals surface area contributed by atoms with Gasteiger partial charge < -0.3 is 9.80 Å². The predicted molar refractivity (Wildman–Crippen MR) is 81.2 cm³/mol. The summed E-state index contributed by atoms with van der Waals surface area (Å²) in [5.41, 5.74) is 2.97. The van der Waals surface area contributed by atoms with Gasteiger partial charge in [-0.25, -0.2) is 9.37 Å². The molecule has 1 fully saturated rings. The standard InChI is InChI=1S/C16H17FN4/c1-10-7-11(3-5-18-10)15-13(17)8-14-16(19-15)20(2)12-4-6-21(14)9-12/h3,5,7-8,12H,4,6,9H2,1-2H3.